The van der Waals surface area contributed by atoms with Gasteiger partial charge >= 0.3 is 0 Å². The van der Waals surface area contributed by atoms with Gasteiger partial charge in [-0.25, -0.2) is 4.98 Å². The van der Waals surface area contributed by atoms with E-state index in [2.05, 4.69) is 58.4 Å². The van der Waals surface area contributed by atoms with Crippen molar-refractivity contribution in [3.8, 4) is 0 Å². The monoisotopic (exact) mass is 275 g/mol. The summed E-state index contributed by atoms with van der Waals surface area (Å²) in [4.78, 5) is 6.64. The summed E-state index contributed by atoms with van der Waals surface area (Å²) < 4.78 is 7.59. The van der Waals surface area contributed by atoms with E-state index in [1.807, 2.05) is 18.2 Å². The Balaban J connectivity index is 1.86. The van der Waals surface area contributed by atoms with Gasteiger partial charge in [0.2, 0.25) is 0 Å². The highest BCUT2D eigenvalue weighted by Crippen LogP contribution is 2.17. The standard InChI is InChI=1S/C19H18N2/c1-3-9-17(10-4-1)15-21(19-13-7-8-14-20-19)16-18-11-5-2-6-12-18/h1-14H,15-16H2/i8D. The molecule has 0 saturated heterocycles. The van der Waals surface area contributed by atoms with E-state index in [4.69, 9.17) is 1.37 Å². The van der Waals surface area contributed by atoms with Crippen LogP contribution in [-0.2, 0) is 13.1 Å². The van der Waals surface area contributed by atoms with Gasteiger partial charge in [0.05, 0.1) is 1.37 Å². The lowest BCUT2D eigenvalue weighted by Crippen LogP contribution is -2.22. The topological polar surface area (TPSA) is 16.1 Å². The molecule has 1 heterocycles. The number of rotatable bonds is 5. The van der Waals surface area contributed by atoms with Crippen LogP contribution in [0.25, 0.3) is 0 Å². The summed E-state index contributed by atoms with van der Waals surface area (Å²) in [5.74, 6) is 0.892. The van der Waals surface area contributed by atoms with Crippen molar-refractivity contribution in [1.82, 2.24) is 4.98 Å². The minimum Gasteiger partial charge on any atom is -0.348 e. The highest BCUT2D eigenvalue weighted by molar-refractivity contribution is 5.40. The number of nitrogens with zero attached hydrogens (tertiary/aromatic N) is 2. The molecule has 0 aliphatic rings. The summed E-state index contributed by atoms with van der Waals surface area (Å²) in [6, 6.07) is 24.9. The fourth-order valence-corrected chi connectivity index (χ4v) is 2.32. The van der Waals surface area contributed by atoms with Gasteiger partial charge in [-0.05, 0) is 23.2 Å². The molecule has 2 heteroatoms. The van der Waals surface area contributed by atoms with Gasteiger partial charge in [0.25, 0.3) is 0 Å². The molecule has 0 spiro atoms. The van der Waals surface area contributed by atoms with Gasteiger partial charge in [-0.15, -0.1) is 0 Å². The lowest BCUT2D eigenvalue weighted by atomic mass is 10.1. The Morgan fingerprint density at radius 1 is 0.762 bits per heavy atom. The molecule has 3 aromatic rings. The Morgan fingerprint density at radius 2 is 1.33 bits per heavy atom. The van der Waals surface area contributed by atoms with Crippen molar-refractivity contribution < 1.29 is 1.37 Å². The second-order valence-corrected chi connectivity index (χ2v) is 4.94. The fourth-order valence-electron chi connectivity index (χ4n) is 2.32. The van der Waals surface area contributed by atoms with Gasteiger partial charge in [-0.3, -0.25) is 0 Å². The van der Waals surface area contributed by atoms with Crippen LogP contribution >= 0.6 is 0 Å². The first-order valence-electron chi connectivity index (χ1n) is 7.57. The number of aromatic nitrogens is 1. The second-order valence-electron chi connectivity index (χ2n) is 4.94. The van der Waals surface area contributed by atoms with Crippen molar-refractivity contribution in [3.05, 3.63) is 96.2 Å². The van der Waals surface area contributed by atoms with Gasteiger partial charge in [-0.2, -0.15) is 0 Å². The predicted molar refractivity (Wildman–Crippen MR) is 87.0 cm³/mol. The first-order valence-corrected chi connectivity index (χ1v) is 7.07. The van der Waals surface area contributed by atoms with E-state index in [-0.39, 0.29) is 0 Å². The SMILES string of the molecule is [2H]c1ccc(N(Cc2ccccc2)Cc2ccccc2)nc1. The Morgan fingerprint density at radius 3 is 1.81 bits per heavy atom. The molecule has 0 radical (unpaired) electrons. The molecule has 0 bridgehead atoms. The lowest BCUT2D eigenvalue weighted by molar-refractivity contribution is 0.783. The molecule has 3 rings (SSSR count). The molecule has 2 nitrogen and oxygen atoms in total. The molecule has 0 amide bonds. The van der Waals surface area contributed by atoms with Crippen LogP contribution in [0.2, 0.25) is 0 Å². The van der Waals surface area contributed by atoms with Crippen LogP contribution in [0.5, 0.6) is 0 Å². The smallest absolute Gasteiger partial charge is 0.129 e. The number of pyridine rings is 1. The van der Waals surface area contributed by atoms with E-state index in [9.17, 15) is 0 Å². The maximum Gasteiger partial charge on any atom is 0.129 e. The Labute approximate surface area is 127 Å². The summed E-state index contributed by atoms with van der Waals surface area (Å²) in [5.41, 5.74) is 2.49. The van der Waals surface area contributed by atoms with Crippen LogP contribution in [0.3, 0.4) is 0 Å². The summed E-state index contributed by atoms with van der Waals surface area (Å²) in [7, 11) is 0. The molecular weight excluding hydrogens is 256 g/mol. The molecule has 0 aliphatic carbocycles. The largest absolute Gasteiger partial charge is 0.348 e. The van der Waals surface area contributed by atoms with Crippen molar-refractivity contribution >= 4 is 5.82 Å². The number of hydrogen-bond acceptors (Lipinski definition) is 2. The van der Waals surface area contributed by atoms with Crippen molar-refractivity contribution in [2.45, 2.75) is 13.1 Å². The van der Waals surface area contributed by atoms with E-state index < -0.39 is 0 Å². The maximum atomic E-state index is 7.59. The van der Waals surface area contributed by atoms with Crippen LogP contribution in [-0.4, -0.2) is 4.98 Å². The zero-order valence-electron chi connectivity index (χ0n) is 12.8. The number of hydrogen-bond donors (Lipinski definition) is 0. The zero-order valence-corrected chi connectivity index (χ0v) is 11.8. The van der Waals surface area contributed by atoms with E-state index >= 15 is 0 Å². The second kappa shape index (κ2) is 6.71. The molecule has 0 N–H and O–H groups in total. The van der Waals surface area contributed by atoms with Crippen molar-refractivity contribution in [1.29, 1.82) is 0 Å². The Hall–Kier alpha value is -2.61. The molecule has 2 aromatic carbocycles. The first kappa shape index (κ1) is 12.2. The molecule has 104 valence electrons. The maximum absolute atomic E-state index is 7.59. The van der Waals surface area contributed by atoms with Crippen LogP contribution in [0, 0.1) is 0 Å². The average Bonchev–Trinajstić information content (AvgIpc) is 2.57. The average molecular weight is 275 g/mol. The van der Waals surface area contributed by atoms with E-state index in [1.54, 1.807) is 12.3 Å². The third kappa shape index (κ3) is 3.69. The quantitative estimate of drug-likeness (QED) is 0.690. The highest BCUT2D eigenvalue weighted by atomic mass is 15.2. The van der Waals surface area contributed by atoms with Crippen molar-refractivity contribution in [2.75, 3.05) is 4.90 Å². The van der Waals surface area contributed by atoms with Crippen LogP contribution < -0.4 is 4.90 Å². The van der Waals surface area contributed by atoms with E-state index in [0.717, 1.165) is 18.9 Å². The fraction of sp³-hybridized carbons (Fsp3) is 0.105. The Kier molecular flexibility index (Phi) is 3.88. The van der Waals surface area contributed by atoms with Crippen LogP contribution in [0.4, 0.5) is 5.82 Å². The third-order valence-corrected chi connectivity index (χ3v) is 3.36. The van der Waals surface area contributed by atoms with Gasteiger partial charge in [0, 0.05) is 19.3 Å². The van der Waals surface area contributed by atoms with Gasteiger partial charge in [0.1, 0.15) is 5.82 Å². The third-order valence-electron chi connectivity index (χ3n) is 3.36. The van der Waals surface area contributed by atoms with Crippen LogP contribution in [0.1, 0.15) is 12.5 Å². The van der Waals surface area contributed by atoms with E-state index in [1.165, 1.54) is 11.1 Å². The number of anilines is 1. The molecule has 0 fully saturated rings. The molecule has 0 saturated carbocycles. The molecular formula is C19H18N2. The molecule has 0 aliphatic heterocycles. The highest BCUT2D eigenvalue weighted by Gasteiger charge is 2.09. The summed E-state index contributed by atoms with van der Waals surface area (Å²) in [6.45, 7) is 1.58. The molecule has 21 heavy (non-hydrogen) atoms. The van der Waals surface area contributed by atoms with Gasteiger partial charge in [-0.1, -0.05) is 66.7 Å². The minimum absolute atomic E-state index is 0.433. The summed E-state index contributed by atoms with van der Waals surface area (Å²) >= 11 is 0. The van der Waals surface area contributed by atoms with Crippen molar-refractivity contribution in [2.24, 2.45) is 0 Å². The van der Waals surface area contributed by atoms with E-state index in [0.29, 0.717) is 6.04 Å². The number of benzene rings is 2. The van der Waals surface area contributed by atoms with Crippen LogP contribution in [0.15, 0.2) is 85.0 Å². The van der Waals surface area contributed by atoms with Crippen molar-refractivity contribution in [3.63, 3.8) is 0 Å². The lowest BCUT2D eigenvalue weighted by Gasteiger charge is -2.24. The summed E-state index contributed by atoms with van der Waals surface area (Å²) in [6.07, 6.45) is 1.60. The zero-order chi connectivity index (χ0) is 15.2. The molecule has 1 aromatic heterocycles. The van der Waals surface area contributed by atoms with Gasteiger partial charge in [0.15, 0.2) is 0 Å². The molecule has 0 unspecified atom stereocenters. The first-order chi connectivity index (χ1) is 10.8. The Bertz CT molecular complexity index is 655. The normalized spacial score (nSPS) is 11.0. The summed E-state index contributed by atoms with van der Waals surface area (Å²) in [5, 5.41) is 0. The van der Waals surface area contributed by atoms with Gasteiger partial charge < -0.3 is 4.90 Å². The molecule has 0 atom stereocenters. The minimum atomic E-state index is 0.433. The predicted octanol–water partition coefficient (Wildman–Crippen LogP) is 4.29.